The molecule has 0 aliphatic carbocycles. The molecule has 8 N–H and O–H groups in total. The first-order valence-electron chi connectivity index (χ1n) is 29.3. The van der Waals surface area contributed by atoms with Crippen LogP contribution in [-0.2, 0) is 104 Å². The Morgan fingerprint density at radius 2 is 0.535 bits per heavy atom. The number of aliphatic hydroxyl groups excluding tert-OH is 8. The molecule has 4 fully saturated rings. The van der Waals surface area contributed by atoms with Crippen LogP contribution < -0.4 is 0 Å². The van der Waals surface area contributed by atoms with E-state index in [1.165, 1.54) is 41.5 Å². The molecule has 8 unspecified atom stereocenters. The van der Waals surface area contributed by atoms with Crippen molar-refractivity contribution in [1.29, 1.82) is 0 Å². The summed E-state index contributed by atoms with van der Waals surface area (Å²) in [6.45, 7) is 11.2. The largest absolute Gasteiger partial charge is 0.391 e. The molecule has 512 valence electrons. The highest BCUT2D eigenvalue weighted by molar-refractivity contribution is 4.99. The summed E-state index contributed by atoms with van der Waals surface area (Å²) in [6.07, 6.45) is -24.0. The number of hydrogen-bond acceptors (Lipinski definition) is 30. The Balaban J connectivity index is 0.000000525. The highest BCUT2D eigenvalue weighted by Crippen LogP contribution is 2.37. The van der Waals surface area contributed by atoms with Crippen LogP contribution in [0.2, 0.25) is 0 Å². The van der Waals surface area contributed by atoms with Crippen molar-refractivity contribution in [2.75, 3.05) is 136 Å². The summed E-state index contributed by atoms with van der Waals surface area (Å²) in [5.74, 6) is 0. The quantitative estimate of drug-likeness (QED) is 0.0319. The number of aliphatic hydroxyl groups is 8. The number of rotatable bonds is 40. The van der Waals surface area contributed by atoms with Crippen molar-refractivity contribution in [2.45, 2.75) is 227 Å². The van der Waals surface area contributed by atoms with Crippen molar-refractivity contribution in [1.82, 2.24) is 0 Å². The molecular formula is C56H108O30. The van der Waals surface area contributed by atoms with E-state index in [4.69, 9.17) is 104 Å². The summed E-state index contributed by atoms with van der Waals surface area (Å²) in [4.78, 5) is 0. The van der Waals surface area contributed by atoms with Crippen LogP contribution in [0.3, 0.4) is 0 Å². The molecule has 4 saturated heterocycles. The molecule has 0 aromatic heterocycles. The Hall–Kier alpha value is -1.20. The maximum atomic E-state index is 10.3. The molecule has 4 aliphatic heterocycles. The summed E-state index contributed by atoms with van der Waals surface area (Å²) in [7, 11) is 12.6. The second kappa shape index (κ2) is 42.1. The lowest BCUT2D eigenvalue weighted by Crippen LogP contribution is -2.67. The van der Waals surface area contributed by atoms with Gasteiger partial charge in [0, 0.05) is 56.9 Å². The van der Waals surface area contributed by atoms with Gasteiger partial charge >= 0.3 is 0 Å². The molecule has 4 aliphatic rings. The highest BCUT2D eigenvalue weighted by atomic mass is 16.8. The molecule has 4 heterocycles. The van der Waals surface area contributed by atoms with Gasteiger partial charge in [-0.25, -0.2) is 0 Å². The fourth-order valence-corrected chi connectivity index (χ4v) is 10.0. The first-order valence-corrected chi connectivity index (χ1v) is 29.3. The topological polar surface area (TPSA) is 365 Å². The lowest BCUT2D eigenvalue weighted by Gasteiger charge is -2.50. The number of hydrogen-bond donors (Lipinski definition) is 8. The Morgan fingerprint density at radius 3 is 0.930 bits per heavy atom. The smallest absolute Gasteiger partial charge is 0.187 e. The van der Waals surface area contributed by atoms with Crippen LogP contribution in [0.4, 0.5) is 0 Å². The van der Waals surface area contributed by atoms with Crippen LogP contribution >= 0.6 is 0 Å². The van der Waals surface area contributed by atoms with Gasteiger partial charge in [-0.2, -0.15) is 0 Å². The Morgan fingerprint density at radius 1 is 0.256 bits per heavy atom. The monoisotopic (exact) mass is 1260 g/mol. The van der Waals surface area contributed by atoms with Gasteiger partial charge in [0.2, 0.25) is 0 Å². The molecule has 0 saturated carbocycles. The summed E-state index contributed by atoms with van der Waals surface area (Å²) in [5.41, 5.74) is 0. The first kappa shape index (κ1) is 79.0. The van der Waals surface area contributed by atoms with E-state index in [0.29, 0.717) is 0 Å². The van der Waals surface area contributed by atoms with Crippen LogP contribution in [-0.4, -0.2) is 349 Å². The standard InChI is InChI=1S/C36H70O19.C20H38O11/c1-19(37)9-45-17-27-29(47-11-21(3)39)31(48-12-22(4)40)34(51-15-25(7)43)36(54-27)55-30-28(18-46-10-20(2)38)53-35(52-16-26(8)44)33(50-14-24(6)42)32(30)49-13-23(5)41;1-21-9-11-13(23-3)15(24-4)18(27-7)20(30-11)31-14-12(10-22-2)29-19(28-8)17(26-6)16(14)25-5/h19-44H,9-18H2,1-8H3;11-20H,9-10H2,1-8H3/t19?,20?,21?,22?,23?,24?,25?,26?,27-,28-,29+,30+,31+,32-,33-,34-,35-,36+;11-,12-,13+,14+,15+,16-,17-,18-,19-,20+/m11/s1. The summed E-state index contributed by atoms with van der Waals surface area (Å²) in [6, 6.07) is 0. The van der Waals surface area contributed by atoms with Crippen molar-refractivity contribution < 1.29 is 145 Å². The van der Waals surface area contributed by atoms with E-state index in [2.05, 4.69) is 0 Å². The highest BCUT2D eigenvalue weighted by Gasteiger charge is 2.56. The summed E-state index contributed by atoms with van der Waals surface area (Å²) < 4.78 is 131. The van der Waals surface area contributed by atoms with Gasteiger partial charge in [-0.3, -0.25) is 0 Å². The van der Waals surface area contributed by atoms with E-state index >= 15 is 0 Å². The van der Waals surface area contributed by atoms with Crippen LogP contribution in [0.5, 0.6) is 0 Å². The van der Waals surface area contributed by atoms with Crippen molar-refractivity contribution in [2.24, 2.45) is 0 Å². The molecule has 0 spiro atoms. The van der Waals surface area contributed by atoms with Crippen LogP contribution in [0.15, 0.2) is 0 Å². The minimum atomic E-state index is -1.39. The van der Waals surface area contributed by atoms with Crippen LogP contribution in [0.25, 0.3) is 0 Å². The number of methoxy groups -OCH3 is 8. The number of ether oxygens (including phenoxy) is 22. The average molecular weight is 1260 g/mol. The molecule has 0 aromatic rings. The van der Waals surface area contributed by atoms with E-state index in [1.54, 1.807) is 70.7 Å². The zero-order chi connectivity index (χ0) is 64.2. The fourth-order valence-electron chi connectivity index (χ4n) is 10.0. The SMILES string of the molecule is CC(O)COC[C@H]1O[C@@H](OCC(C)O)[C@H](OCC(C)O)[C@H](OCC(C)O)[C@H]1O[C@@H]1O[C@H](COCC(C)O)[C@H](OCC(C)O)[C@H](OCC(C)O)[C@H]1OCC(C)O.COC[C@H]1O[C@@H](OC)[C@H](OC)[C@H](OC)[C@H]1O[C@@H]1O[C@H](COC)[C@H](OC)[C@H](OC)[C@H]1OC. The maximum Gasteiger partial charge on any atom is 0.187 e. The van der Waals surface area contributed by atoms with E-state index in [0.717, 1.165) is 0 Å². The normalized spacial score (nSPS) is 36.3. The average Bonchev–Trinajstić information content (AvgIpc) is 2.28. The van der Waals surface area contributed by atoms with Crippen molar-refractivity contribution in [3.63, 3.8) is 0 Å². The predicted octanol–water partition coefficient (Wildman–Crippen LogP) is -2.32. The lowest BCUT2D eigenvalue weighted by atomic mass is 9.95. The Kier molecular flexibility index (Phi) is 38.7. The van der Waals surface area contributed by atoms with Gasteiger partial charge in [0.15, 0.2) is 25.2 Å². The van der Waals surface area contributed by atoms with Gasteiger partial charge < -0.3 is 145 Å². The van der Waals surface area contributed by atoms with Gasteiger partial charge in [0.1, 0.15) is 97.7 Å². The van der Waals surface area contributed by atoms with Crippen LogP contribution in [0.1, 0.15) is 55.4 Å². The van der Waals surface area contributed by atoms with E-state index < -0.39 is 172 Å². The van der Waals surface area contributed by atoms with Crippen molar-refractivity contribution in [3.05, 3.63) is 0 Å². The first-order chi connectivity index (χ1) is 40.9. The summed E-state index contributed by atoms with van der Waals surface area (Å²) >= 11 is 0. The second-order valence-corrected chi connectivity index (χ2v) is 22.2. The van der Waals surface area contributed by atoms with E-state index in [9.17, 15) is 40.9 Å². The molecule has 30 heteroatoms. The third-order valence-corrected chi connectivity index (χ3v) is 13.6. The van der Waals surface area contributed by atoms with Gasteiger partial charge in [0.25, 0.3) is 0 Å². The van der Waals surface area contributed by atoms with Crippen molar-refractivity contribution >= 4 is 0 Å². The maximum absolute atomic E-state index is 10.3. The fraction of sp³-hybridized carbons (Fsp3) is 1.00. The molecule has 4 rings (SSSR count). The minimum absolute atomic E-state index is 0.0553. The molecule has 0 aromatic carbocycles. The third kappa shape index (κ3) is 25.7. The molecular weight excluding hydrogens is 1150 g/mol. The minimum Gasteiger partial charge on any atom is -0.391 e. The zero-order valence-electron chi connectivity index (χ0n) is 53.2. The van der Waals surface area contributed by atoms with Gasteiger partial charge in [-0.05, 0) is 55.4 Å². The Labute approximate surface area is 507 Å². The van der Waals surface area contributed by atoms with Gasteiger partial charge in [-0.1, -0.05) is 0 Å². The molecule has 86 heavy (non-hydrogen) atoms. The molecule has 28 atom stereocenters. The summed E-state index contributed by atoms with van der Waals surface area (Å²) in [5, 5.41) is 81.2. The predicted molar refractivity (Wildman–Crippen MR) is 299 cm³/mol. The molecule has 0 amide bonds. The van der Waals surface area contributed by atoms with Gasteiger partial charge in [-0.15, -0.1) is 0 Å². The molecule has 0 bridgehead atoms. The van der Waals surface area contributed by atoms with Crippen LogP contribution in [0, 0.1) is 0 Å². The van der Waals surface area contributed by atoms with Gasteiger partial charge in [0.05, 0.1) is 128 Å². The molecule has 0 radical (unpaired) electrons. The third-order valence-electron chi connectivity index (χ3n) is 13.6. The van der Waals surface area contributed by atoms with Crippen molar-refractivity contribution in [3.8, 4) is 0 Å². The van der Waals surface area contributed by atoms with E-state index in [1.807, 2.05) is 0 Å². The molecule has 30 nitrogen and oxygen atoms in total. The van der Waals surface area contributed by atoms with E-state index in [-0.39, 0.29) is 79.3 Å². The lowest BCUT2D eigenvalue weighted by molar-refractivity contribution is -0.377. The Bertz CT molecular complexity index is 1690. The second-order valence-electron chi connectivity index (χ2n) is 22.2. The zero-order valence-corrected chi connectivity index (χ0v) is 53.2.